The number of H-pyrrole nitrogens is 1. The Morgan fingerprint density at radius 1 is 1.04 bits per heavy atom. The Balaban J connectivity index is 1.57. The fraction of sp³-hybridized carbons (Fsp3) is 0.0526. The van der Waals surface area contributed by atoms with E-state index < -0.39 is 0 Å². The van der Waals surface area contributed by atoms with Crippen molar-refractivity contribution in [3.8, 4) is 0 Å². The summed E-state index contributed by atoms with van der Waals surface area (Å²) in [6.07, 6.45) is 3.97. The quantitative estimate of drug-likeness (QED) is 0.603. The highest BCUT2D eigenvalue weighted by molar-refractivity contribution is 6.01. The van der Waals surface area contributed by atoms with Crippen LogP contribution in [-0.2, 0) is 11.2 Å². The number of aromatic nitrogens is 2. The lowest BCUT2D eigenvalue weighted by molar-refractivity contribution is -0.115. The third kappa shape index (κ3) is 2.66. The van der Waals surface area contributed by atoms with Gasteiger partial charge in [0, 0.05) is 23.3 Å². The first-order valence-corrected chi connectivity index (χ1v) is 7.49. The van der Waals surface area contributed by atoms with E-state index in [0.29, 0.717) is 6.42 Å². The maximum Gasteiger partial charge on any atom is 0.228 e. The molecule has 0 fully saturated rings. The molecule has 0 aliphatic rings. The molecule has 0 saturated carbocycles. The average molecular weight is 301 g/mol. The van der Waals surface area contributed by atoms with Crippen LogP contribution in [0.4, 0.5) is 5.69 Å². The fourth-order valence-corrected chi connectivity index (χ4v) is 2.80. The maximum absolute atomic E-state index is 12.4. The van der Waals surface area contributed by atoms with Gasteiger partial charge in [-0.3, -0.25) is 9.78 Å². The van der Waals surface area contributed by atoms with Gasteiger partial charge in [-0.25, -0.2) is 0 Å². The molecule has 0 saturated heterocycles. The molecule has 0 atom stereocenters. The molecule has 1 amide bonds. The van der Waals surface area contributed by atoms with Crippen LogP contribution < -0.4 is 5.32 Å². The Kier molecular flexibility index (Phi) is 3.27. The summed E-state index contributed by atoms with van der Waals surface area (Å²) in [5, 5.41) is 5.09. The van der Waals surface area contributed by atoms with Crippen molar-refractivity contribution in [2.45, 2.75) is 6.42 Å². The van der Waals surface area contributed by atoms with Crippen LogP contribution in [0, 0.1) is 0 Å². The molecule has 4 aromatic rings. The van der Waals surface area contributed by atoms with Crippen molar-refractivity contribution in [3.63, 3.8) is 0 Å². The highest BCUT2D eigenvalue weighted by Gasteiger charge is 2.08. The van der Waals surface area contributed by atoms with Crippen LogP contribution in [-0.4, -0.2) is 15.9 Å². The minimum atomic E-state index is -0.0435. The molecule has 0 spiro atoms. The molecule has 0 bridgehead atoms. The van der Waals surface area contributed by atoms with Gasteiger partial charge < -0.3 is 10.3 Å². The number of carbonyl (C=O) groups is 1. The zero-order valence-corrected chi connectivity index (χ0v) is 12.4. The molecule has 2 aromatic heterocycles. The molecule has 0 aliphatic carbocycles. The number of benzene rings is 2. The van der Waals surface area contributed by atoms with Gasteiger partial charge in [0.15, 0.2) is 0 Å². The van der Waals surface area contributed by atoms with E-state index in [0.717, 1.165) is 33.1 Å². The largest absolute Gasteiger partial charge is 0.361 e. The topological polar surface area (TPSA) is 57.8 Å². The lowest BCUT2D eigenvalue weighted by Crippen LogP contribution is -2.14. The fourth-order valence-electron chi connectivity index (χ4n) is 2.80. The van der Waals surface area contributed by atoms with E-state index in [-0.39, 0.29) is 5.91 Å². The number of nitrogens with zero attached hydrogens (tertiary/aromatic N) is 1. The Labute approximate surface area is 133 Å². The Morgan fingerprint density at radius 2 is 1.96 bits per heavy atom. The molecular formula is C19H15N3O. The van der Waals surface area contributed by atoms with Gasteiger partial charge in [0.25, 0.3) is 0 Å². The van der Waals surface area contributed by atoms with Gasteiger partial charge in [-0.2, -0.15) is 0 Å². The molecule has 112 valence electrons. The van der Waals surface area contributed by atoms with E-state index >= 15 is 0 Å². The normalized spacial score (nSPS) is 11.0. The third-order valence-corrected chi connectivity index (χ3v) is 3.89. The molecule has 0 unspecified atom stereocenters. The second kappa shape index (κ2) is 5.57. The number of hydrogen-bond donors (Lipinski definition) is 2. The lowest BCUT2D eigenvalue weighted by atomic mass is 10.1. The Bertz CT molecular complexity index is 998. The first kappa shape index (κ1) is 13.5. The number of hydrogen-bond acceptors (Lipinski definition) is 2. The highest BCUT2D eigenvalue weighted by Crippen LogP contribution is 2.21. The van der Waals surface area contributed by atoms with Crippen molar-refractivity contribution in [3.05, 3.63) is 72.6 Å². The molecule has 23 heavy (non-hydrogen) atoms. The van der Waals surface area contributed by atoms with E-state index in [9.17, 15) is 4.79 Å². The predicted octanol–water partition coefficient (Wildman–Crippen LogP) is 3.90. The second-order valence-corrected chi connectivity index (χ2v) is 5.50. The van der Waals surface area contributed by atoms with E-state index in [2.05, 4.69) is 15.3 Å². The molecule has 4 nitrogen and oxygen atoms in total. The Morgan fingerprint density at radius 3 is 2.91 bits per heavy atom. The minimum absolute atomic E-state index is 0.0435. The summed E-state index contributed by atoms with van der Waals surface area (Å²) < 4.78 is 0. The number of fused-ring (bicyclic) bond motifs is 2. The zero-order chi connectivity index (χ0) is 15.6. The van der Waals surface area contributed by atoms with E-state index in [1.54, 1.807) is 6.20 Å². The molecule has 2 aromatic carbocycles. The van der Waals surface area contributed by atoms with E-state index in [1.807, 2.05) is 60.8 Å². The van der Waals surface area contributed by atoms with Crippen molar-refractivity contribution in [1.82, 2.24) is 9.97 Å². The summed E-state index contributed by atoms with van der Waals surface area (Å²) in [5.41, 5.74) is 3.62. The summed E-state index contributed by atoms with van der Waals surface area (Å²) in [4.78, 5) is 19.9. The van der Waals surface area contributed by atoms with Crippen LogP contribution in [0.1, 0.15) is 5.56 Å². The molecule has 0 radical (unpaired) electrons. The Hall–Kier alpha value is -3.14. The lowest BCUT2D eigenvalue weighted by Gasteiger charge is -2.08. The monoisotopic (exact) mass is 301 g/mol. The average Bonchev–Trinajstić information content (AvgIpc) is 3.03. The van der Waals surface area contributed by atoms with Gasteiger partial charge in [-0.15, -0.1) is 0 Å². The minimum Gasteiger partial charge on any atom is -0.361 e. The van der Waals surface area contributed by atoms with Gasteiger partial charge in [0.1, 0.15) is 0 Å². The summed E-state index contributed by atoms with van der Waals surface area (Å²) in [6, 6.07) is 17.7. The first-order valence-electron chi connectivity index (χ1n) is 7.49. The van der Waals surface area contributed by atoms with Crippen LogP contribution in [0.5, 0.6) is 0 Å². The number of nitrogens with one attached hydrogen (secondary N) is 2. The van der Waals surface area contributed by atoms with Gasteiger partial charge in [-0.05, 0) is 41.3 Å². The summed E-state index contributed by atoms with van der Waals surface area (Å²) in [6.45, 7) is 0. The smallest absolute Gasteiger partial charge is 0.228 e. The van der Waals surface area contributed by atoms with E-state index in [1.165, 1.54) is 0 Å². The van der Waals surface area contributed by atoms with Gasteiger partial charge >= 0.3 is 0 Å². The molecule has 0 aliphatic heterocycles. The van der Waals surface area contributed by atoms with Crippen molar-refractivity contribution < 1.29 is 4.79 Å². The number of carbonyl (C=O) groups excluding carboxylic acids is 1. The van der Waals surface area contributed by atoms with Crippen LogP contribution >= 0.6 is 0 Å². The molecule has 2 heterocycles. The van der Waals surface area contributed by atoms with Gasteiger partial charge in [0.05, 0.1) is 17.6 Å². The van der Waals surface area contributed by atoms with Crippen LogP contribution in [0.15, 0.2) is 67.0 Å². The number of aromatic amines is 1. The number of amides is 1. The maximum atomic E-state index is 12.4. The molecule has 4 rings (SSSR count). The second-order valence-electron chi connectivity index (χ2n) is 5.50. The van der Waals surface area contributed by atoms with Gasteiger partial charge in [0.2, 0.25) is 5.91 Å². The third-order valence-electron chi connectivity index (χ3n) is 3.89. The number of anilines is 1. The standard InChI is InChI=1S/C19H15N3O/c23-18(12-13-6-7-16-15(11-13)8-10-20-16)22-17-5-1-3-14-4-2-9-21-19(14)17/h1-11,20H,12H2,(H,22,23). The van der Waals surface area contributed by atoms with E-state index in [4.69, 9.17) is 0 Å². The molecule has 2 N–H and O–H groups in total. The van der Waals surface area contributed by atoms with Crippen molar-refractivity contribution >= 4 is 33.4 Å². The van der Waals surface area contributed by atoms with Crippen LogP contribution in [0.3, 0.4) is 0 Å². The summed E-state index contributed by atoms with van der Waals surface area (Å²) in [5.74, 6) is -0.0435. The zero-order valence-electron chi connectivity index (χ0n) is 12.4. The van der Waals surface area contributed by atoms with Crippen molar-refractivity contribution in [1.29, 1.82) is 0 Å². The number of rotatable bonds is 3. The highest BCUT2D eigenvalue weighted by atomic mass is 16.1. The van der Waals surface area contributed by atoms with Crippen molar-refractivity contribution in [2.24, 2.45) is 0 Å². The SMILES string of the molecule is O=C(Cc1ccc2[nH]ccc2c1)Nc1cccc2cccnc12. The van der Waals surface area contributed by atoms with Crippen molar-refractivity contribution in [2.75, 3.05) is 5.32 Å². The summed E-state index contributed by atoms with van der Waals surface area (Å²) >= 11 is 0. The van der Waals surface area contributed by atoms with Crippen LogP contribution in [0.2, 0.25) is 0 Å². The molecular weight excluding hydrogens is 286 g/mol. The number of para-hydroxylation sites is 1. The number of pyridine rings is 1. The van der Waals surface area contributed by atoms with Crippen LogP contribution in [0.25, 0.3) is 21.8 Å². The predicted molar refractivity (Wildman–Crippen MR) is 92.4 cm³/mol. The summed E-state index contributed by atoms with van der Waals surface area (Å²) in [7, 11) is 0. The molecule has 4 heteroatoms. The van der Waals surface area contributed by atoms with Gasteiger partial charge in [-0.1, -0.05) is 24.3 Å². The first-order chi connectivity index (χ1) is 11.3.